The molecule has 4 rings (SSSR count). The van der Waals surface area contributed by atoms with Crippen molar-refractivity contribution in [2.24, 2.45) is 4.99 Å². The van der Waals surface area contributed by atoms with Crippen LogP contribution in [0.3, 0.4) is 0 Å². The number of hydrogen-bond donors (Lipinski definition) is 2. The minimum Gasteiger partial charge on any atom is -0.497 e. The number of methoxy groups -OCH3 is 1. The first kappa shape index (κ1) is 25.3. The molecule has 1 atom stereocenters. The molecule has 0 saturated carbocycles. The van der Waals surface area contributed by atoms with Gasteiger partial charge in [0.25, 0.3) is 0 Å². The van der Waals surface area contributed by atoms with Crippen molar-refractivity contribution in [3.05, 3.63) is 76.9 Å². The van der Waals surface area contributed by atoms with Crippen molar-refractivity contribution in [2.75, 3.05) is 13.7 Å². The van der Waals surface area contributed by atoms with Crippen LogP contribution >= 0.6 is 0 Å². The smallest absolute Gasteiger partial charge is 0.308 e. The Labute approximate surface area is 210 Å². The fourth-order valence-electron chi connectivity index (χ4n) is 4.11. The average molecular weight is 490 g/mol. The van der Waals surface area contributed by atoms with Crippen LogP contribution in [0.25, 0.3) is 11.8 Å². The highest BCUT2D eigenvalue weighted by Gasteiger charge is 2.31. The number of fused-ring (bicyclic) bond motifs is 3. The summed E-state index contributed by atoms with van der Waals surface area (Å²) in [7, 11) is 1.62. The Morgan fingerprint density at radius 1 is 1.17 bits per heavy atom. The predicted octanol–water partition coefficient (Wildman–Crippen LogP) is 4.20. The number of carbonyl (C=O) groups is 1. The van der Waals surface area contributed by atoms with Gasteiger partial charge in [-0.3, -0.25) is 14.4 Å². The molecule has 0 aliphatic carbocycles. The number of ether oxygens (including phenoxy) is 2. The van der Waals surface area contributed by atoms with Gasteiger partial charge < -0.3 is 14.7 Å². The Hall–Kier alpha value is -3.82. The fraction of sp³-hybridized carbons (Fsp3) is 0.333. The second-order valence-corrected chi connectivity index (χ2v) is 9.49. The minimum absolute atomic E-state index is 0.0268. The number of benzene rings is 2. The SMILES string of the molecule is COc1ccc2c(c1)C(c1ccc(/C=C/CNO)cc1)=N[C@@H](CC(=O)OC(C)(C)C)c1nnc(C)n1-2. The van der Waals surface area contributed by atoms with Crippen LogP contribution in [0, 0.1) is 6.92 Å². The zero-order valence-corrected chi connectivity index (χ0v) is 21.1. The second kappa shape index (κ2) is 10.4. The number of hydrogen-bond acceptors (Lipinski definition) is 8. The van der Waals surface area contributed by atoms with E-state index >= 15 is 0 Å². The number of rotatable bonds is 7. The minimum atomic E-state index is -0.608. The highest BCUT2D eigenvalue weighted by atomic mass is 16.6. The highest BCUT2D eigenvalue weighted by molar-refractivity contribution is 6.15. The van der Waals surface area contributed by atoms with Crippen LogP contribution in [0.4, 0.5) is 0 Å². The van der Waals surface area contributed by atoms with E-state index in [0.29, 0.717) is 23.9 Å². The van der Waals surface area contributed by atoms with Gasteiger partial charge in [0.2, 0.25) is 0 Å². The zero-order chi connectivity index (χ0) is 25.9. The molecule has 188 valence electrons. The molecule has 0 bridgehead atoms. The summed E-state index contributed by atoms with van der Waals surface area (Å²) in [6.45, 7) is 7.76. The largest absolute Gasteiger partial charge is 0.497 e. The first-order valence-corrected chi connectivity index (χ1v) is 11.7. The van der Waals surface area contributed by atoms with Crippen LogP contribution in [-0.4, -0.2) is 50.9 Å². The van der Waals surface area contributed by atoms with E-state index in [2.05, 4.69) is 15.7 Å². The van der Waals surface area contributed by atoms with Gasteiger partial charge in [0.05, 0.1) is 24.9 Å². The molecule has 36 heavy (non-hydrogen) atoms. The molecule has 9 nitrogen and oxygen atoms in total. The van der Waals surface area contributed by atoms with E-state index < -0.39 is 11.6 Å². The third-order valence-corrected chi connectivity index (χ3v) is 5.62. The van der Waals surface area contributed by atoms with Crippen LogP contribution in [0.2, 0.25) is 0 Å². The Morgan fingerprint density at radius 3 is 2.58 bits per heavy atom. The molecule has 0 spiro atoms. The topological polar surface area (TPSA) is 111 Å². The lowest BCUT2D eigenvalue weighted by atomic mass is 9.98. The normalized spacial score (nSPS) is 15.2. The van der Waals surface area contributed by atoms with Crippen molar-refractivity contribution in [3.8, 4) is 11.4 Å². The van der Waals surface area contributed by atoms with Crippen molar-refractivity contribution < 1.29 is 19.5 Å². The molecule has 2 heterocycles. The number of aromatic nitrogens is 3. The number of aliphatic imine (C=N–C) groups is 1. The lowest BCUT2D eigenvalue weighted by Gasteiger charge is -2.20. The van der Waals surface area contributed by atoms with Gasteiger partial charge in [-0.2, -0.15) is 0 Å². The van der Waals surface area contributed by atoms with E-state index in [0.717, 1.165) is 28.1 Å². The van der Waals surface area contributed by atoms with Crippen LogP contribution in [0.5, 0.6) is 5.75 Å². The summed E-state index contributed by atoms with van der Waals surface area (Å²) in [5, 5.41) is 17.5. The molecule has 9 heteroatoms. The number of carbonyl (C=O) groups excluding carboxylic acids is 1. The summed E-state index contributed by atoms with van der Waals surface area (Å²) in [6, 6.07) is 13.1. The third-order valence-electron chi connectivity index (χ3n) is 5.62. The maximum Gasteiger partial charge on any atom is 0.308 e. The van der Waals surface area contributed by atoms with Gasteiger partial charge in [0.15, 0.2) is 5.82 Å². The van der Waals surface area contributed by atoms with Crippen LogP contribution in [0.1, 0.15) is 61.6 Å². The Morgan fingerprint density at radius 2 is 1.92 bits per heavy atom. The Balaban J connectivity index is 1.84. The summed E-state index contributed by atoms with van der Waals surface area (Å²) in [4.78, 5) is 17.9. The highest BCUT2D eigenvalue weighted by Crippen LogP contribution is 2.34. The van der Waals surface area contributed by atoms with Crippen molar-refractivity contribution >= 4 is 17.8 Å². The molecule has 1 aliphatic rings. The molecule has 2 N–H and O–H groups in total. The standard InChI is InChI=1S/C27H31N5O4/c1-17-30-31-26-22(16-24(33)36-27(2,3)4)29-25(19-10-8-18(9-11-19)7-6-14-28-34)21-15-20(35-5)12-13-23(21)32(17)26/h6-13,15,22,28,34H,14,16H2,1-5H3/b7-6+/t22-/m0/s1. The Kier molecular flexibility index (Phi) is 7.32. The summed E-state index contributed by atoms with van der Waals surface area (Å²) in [5.74, 6) is 1.61. The van der Waals surface area contributed by atoms with Gasteiger partial charge in [-0.15, -0.1) is 10.2 Å². The summed E-state index contributed by atoms with van der Waals surface area (Å²) >= 11 is 0. The lowest BCUT2D eigenvalue weighted by molar-refractivity contribution is -0.155. The predicted molar refractivity (Wildman–Crippen MR) is 137 cm³/mol. The van der Waals surface area contributed by atoms with Crippen LogP contribution in [-0.2, 0) is 9.53 Å². The second-order valence-electron chi connectivity index (χ2n) is 9.49. The van der Waals surface area contributed by atoms with Gasteiger partial charge in [-0.05, 0) is 51.5 Å². The van der Waals surface area contributed by atoms with E-state index in [-0.39, 0.29) is 12.4 Å². The molecule has 0 fully saturated rings. The van der Waals surface area contributed by atoms with Gasteiger partial charge in [-0.25, -0.2) is 5.48 Å². The van der Waals surface area contributed by atoms with Gasteiger partial charge in [0.1, 0.15) is 23.2 Å². The monoisotopic (exact) mass is 489 g/mol. The maximum atomic E-state index is 12.8. The van der Waals surface area contributed by atoms with Crippen molar-refractivity contribution in [1.82, 2.24) is 20.2 Å². The molecule has 0 saturated heterocycles. The van der Waals surface area contributed by atoms with Crippen LogP contribution < -0.4 is 10.2 Å². The summed E-state index contributed by atoms with van der Waals surface area (Å²) in [5.41, 5.74) is 5.78. The van der Waals surface area contributed by atoms with E-state index in [1.165, 1.54) is 0 Å². The number of nitrogens with zero attached hydrogens (tertiary/aromatic N) is 4. The number of hydroxylamine groups is 1. The molecule has 0 radical (unpaired) electrons. The van der Waals surface area contributed by atoms with Gasteiger partial charge >= 0.3 is 5.97 Å². The van der Waals surface area contributed by atoms with E-state index in [1.807, 2.05) is 86.9 Å². The lowest BCUT2D eigenvalue weighted by Crippen LogP contribution is -2.25. The average Bonchev–Trinajstić information content (AvgIpc) is 3.15. The van der Waals surface area contributed by atoms with Gasteiger partial charge in [-0.1, -0.05) is 36.4 Å². The molecule has 1 aromatic heterocycles. The molecule has 0 unspecified atom stereocenters. The summed E-state index contributed by atoms with van der Waals surface area (Å²) in [6.07, 6.45) is 3.76. The van der Waals surface area contributed by atoms with Gasteiger partial charge in [0, 0.05) is 17.7 Å². The van der Waals surface area contributed by atoms with E-state index in [4.69, 9.17) is 19.7 Å². The molecule has 0 amide bonds. The molecular formula is C27H31N5O4. The fourth-order valence-corrected chi connectivity index (χ4v) is 4.11. The first-order chi connectivity index (χ1) is 17.2. The van der Waals surface area contributed by atoms with Crippen molar-refractivity contribution in [1.29, 1.82) is 0 Å². The first-order valence-electron chi connectivity index (χ1n) is 11.7. The number of nitrogens with one attached hydrogen (secondary N) is 1. The quantitative estimate of drug-likeness (QED) is 0.378. The molecule has 3 aromatic rings. The van der Waals surface area contributed by atoms with Crippen molar-refractivity contribution in [3.63, 3.8) is 0 Å². The molecule has 2 aromatic carbocycles. The Bertz CT molecular complexity index is 1300. The summed E-state index contributed by atoms with van der Waals surface area (Å²) < 4.78 is 13.1. The number of aryl methyl sites for hydroxylation is 1. The van der Waals surface area contributed by atoms with Crippen molar-refractivity contribution in [2.45, 2.75) is 45.8 Å². The third kappa shape index (κ3) is 5.53. The maximum absolute atomic E-state index is 12.8. The van der Waals surface area contributed by atoms with E-state index in [9.17, 15) is 4.79 Å². The number of esters is 1. The molecule has 1 aliphatic heterocycles. The zero-order valence-electron chi connectivity index (χ0n) is 21.1. The molecular weight excluding hydrogens is 458 g/mol. The van der Waals surface area contributed by atoms with E-state index in [1.54, 1.807) is 7.11 Å². The van der Waals surface area contributed by atoms with Crippen LogP contribution in [0.15, 0.2) is 53.5 Å².